The molecule has 0 spiro atoms. The number of fused-ring (bicyclic) bond motifs is 4. The Morgan fingerprint density at radius 2 is 1.94 bits per heavy atom. The van der Waals surface area contributed by atoms with E-state index in [1.165, 1.54) is 17.3 Å². The number of carbonyl (C=O) groups excluding carboxylic acids is 2. The second-order valence-electron chi connectivity index (χ2n) is 8.52. The number of carbonyl (C=O) groups is 2. The molecule has 2 aliphatic heterocycles. The fourth-order valence-electron chi connectivity index (χ4n) is 4.57. The van der Waals surface area contributed by atoms with E-state index in [1.54, 1.807) is 11.8 Å². The SMILES string of the molecule is O=C(CNC(=O)Cn1cnc2c(c1=O)C1CCCCC1S2)NCC1COc2ccccc2O1. The van der Waals surface area contributed by atoms with Crippen LogP contribution in [0.5, 0.6) is 11.5 Å². The van der Waals surface area contributed by atoms with Crippen LogP contribution in [0.1, 0.15) is 37.2 Å². The average molecular weight is 471 g/mol. The molecular formula is C23H26N4O5S. The zero-order chi connectivity index (χ0) is 22.8. The predicted octanol–water partition coefficient (Wildman–Crippen LogP) is 1.45. The number of hydrogen-bond donors (Lipinski definition) is 2. The lowest BCUT2D eigenvalue weighted by Crippen LogP contribution is -2.45. The molecule has 5 rings (SSSR count). The van der Waals surface area contributed by atoms with Gasteiger partial charge in [0.25, 0.3) is 5.56 Å². The highest BCUT2D eigenvalue weighted by Crippen LogP contribution is 2.49. The lowest BCUT2D eigenvalue weighted by atomic mass is 9.85. The Bertz CT molecular complexity index is 1120. The van der Waals surface area contributed by atoms with E-state index in [2.05, 4.69) is 15.6 Å². The van der Waals surface area contributed by atoms with Gasteiger partial charge in [-0.15, -0.1) is 11.8 Å². The molecular weight excluding hydrogens is 444 g/mol. The number of amides is 2. The van der Waals surface area contributed by atoms with Gasteiger partial charge in [-0.1, -0.05) is 25.0 Å². The van der Waals surface area contributed by atoms with Crippen molar-refractivity contribution in [3.8, 4) is 11.5 Å². The number of nitrogens with one attached hydrogen (secondary N) is 2. The van der Waals surface area contributed by atoms with E-state index in [0.29, 0.717) is 23.4 Å². The molecule has 0 bridgehead atoms. The molecule has 9 nitrogen and oxygen atoms in total. The van der Waals surface area contributed by atoms with Crippen molar-refractivity contribution >= 4 is 23.6 Å². The molecule has 2 amide bonds. The number of benzene rings is 1. The van der Waals surface area contributed by atoms with E-state index in [1.807, 2.05) is 24.3 Å². The van der Waals surface area contributed by atoms with Gasteiger partial charge in [0.2, 0.25) is 11.8 Å². The molecule has 1 saturated carbocycles. The highest BCUT2D eigenvalue weighted by molar-refractivity contribution is 8.00. The van der Waals surface area contributed by atoms with Gasteiger partial charge >= 0.3 is 0 Å². The third kappa shape index (κ3) is 4.71. The Morgan fingerprint density at radius 1 is 1.12 bits per heavy atom. The van der Waals surface area contributed by atoms with E-state index in [9.17, 15) is 14.4 Å². The van der Waals surface area contributed by atoms with Crippen LogP contribution in [-0.2, 0) is 16.1 Å². The maximum Gasteiger partial charge on any atom is 0.258 e. The third-order valence-corrected chi connectivity index (χ3v) is 7.64. The van der Waals surface area contributed by atoms with Gasteiger partial charge < -0.3 is 20.1 Å². The van der Waals surface area contributed by atoms with E-state index >= 15 is 0 Å². The summed E-state index contributed by atoms with van der Waals surface area (Å²) >= 11 is 1.69. The Morgan fingerprint density at radius 3 is 2.82 bits per heavy atom. The summed E-state index contributed by atoms with van der Waals surface area (Å²) in [6, 6.07) is 7.36. The molecule has 3 unspecified atom stereocenters. The molecule has 1 aromatic carbocycles. The zero-order valence-corrected chi connectivity index (χ0v) is 18.9. The van der Waals surface area contributed by atoms with Gasteiger partial charge in [-0.25, -0.2) is 4.98 Å². The minimum Gasteiger partial charge on any atom is -0.486 e. The van der Waals surface area contributed by atoms with E-state index in [4.69, 9.17) is 9.47 Å². The molecule has 33 heavy (non-hydrogen) atoms. The van der Waals surface area contributed by atoms with Crippen LogP contribution in [0.3, 0.4) is 0 Å². The van der Waals surface area contributed by atoms with E-state index < -0.39 is 5.91 Å². The van der Waals surface area contributed by atoms with Crippen molar-refractivity contribution in [2.75, 3.05) is 19.7 Å². The molecule has 1 fully saturated rings. The fraction of sp³-hybridized carbons (Fsp3) is 0.478. The molecule has 3 aliphatic rings. The normalized spacial score (nSPS) is 22.7. The second kappa shape index (κ2) is 9.46. The zero-order valence-electron chi connectivity index (χ0n) is 18.1. The molecule has 174 valence electrons. The van der Waals surface area contributed by atoms with Crippen LogP contribution < -0.4 is 25.7 Å². The quantitative estimate of drug-likeness (QED) is 0.615. The number of nitrogens with zero attached hydrogens (tertiary/aromatic N) is 2. The number of hydrogen-bond acceptors (Lipinski definition) is 7. The fourth-order valence-corrected chi connectivity index (χ4v) is 6.05. The van der Waals surface area contributed by atoms with Crippen LogP contribution in [0.25, 0.3) is 0 Å². The summed E-state index contributed by atoms with van der Waals surface area (Å²) in [4.78, 5) is 41.9. The first-order chi connectivity index (χ1) is 16.1. The van der Waals surface area contributed by atoms with E-state index in [-0.39, 0.29) is 43.1 Å². The summed E-state index contributed by atoms with van der Waals surface area (Å²) in [7, 11) is 0. The monoisotopic (exact) mass is 470 g/mol. The van der Waals surface area contributed by atoms with Gasteiger partial charge in [-0.05, 0) is 25.0 Å². The highest BCUT2D eigenvalue weighted by atomic mass is 32.2. The van der Waals surface area contributed by atoms with Gasteiger partial charge in [-0.3, -0.25) is 19.0 Å². The number of ether oxygens (including phenoxy) is 2. The second-order valence-corrected chi connectivity index (χ2v) is 9.75. The Kier molecular flexibility index (Phi) is 6.26. The first kappa shape index (κ1) is 21.8. The number of rotatable bonds is 6. The standard InChI is InChI=1S/C23H26N4O5S/c28-19(24-9-14-12-31-16-6-2-3-7-17(16)32-14)10-25-20(29)11-27-13-26-22-21(23(27)30)15-5-1-4-8-18(15)33-22/h2-3,6-7,13-15,18H,1,4-5,8-12H2,(H,24,28)(H,25,29). The first-order valence-electron chi connectivity index (χ1n) is 11.3. The largest absolute Gasteiger partial charge is 0.486 e. The molecule has 1 aromatic heterocycles. The Hall–Kier alpha value is -3.01. The van der Waals surface area contributed by atoms with Crippen LogP contribution >= 0.6 is 11.8 Å². The Balaban J connectivity index is 1.10. The van der Waals surface area contributed by atoms with Crippen molar-refractivity contribution < 1.29 is 19.1 Å². The predicted molar refractivity (Wildman–Crippen MR) is 122 cm³/mol. The number of para-hydroxylation sites is 2. The molecule has 2 aromatic rings. The van der Waals surface area contributed by atoms with Crippen LogP contribution in [0, 0.1) is 0 Å². The summed E-state index contributed by atoms with van der Waals surface area (Å²) in [5.41, 5.74) is 0.616. The van der Waals surface area contributed by atoms with Crippen molar-refractivity contribution in [3.05, 3.63) is 46.5 Å². The van der Waals surface area contributed by atoms with Gasteiger partial charge in [0.1, 0.15) is 24.3 Å². The van der Waals surface area contributed by atoms with Crippen molar-refractivity contribution in [1.82, 2.24) is 20.2 Å². The lowest BCUT2D eigenvalue weighted by Gasteiger charge is -2.26. The van der Waals surface area contributed by atoms with Crippen LogP contribution in [0.2, 0.25) is 0 Å². The lowest BCUT2D eigenvalue weighted by molar-refractivity contribution is -0.126. The molecule has 3 atom stereocenters. The van der Waals surface area contributed by atoms with Crippen LogP contribution in [0.4, 0.5) is 0 Å². The van der Waals surface area contributed by atoms with E-state index in [0.717, 1.165) is 29.9 Å². The van der Waals surface area contributed by atoms with Gasteiger partial charge in [0, 0.05) is 11.2 Å². The van der Waals surface area contributed by atoms with Crippen LogP contribution in [0.15, 0.2) is 40.4 Å². The summed E-state index contributed by atoms with van der Waals surface area (Å²) in [5.74, 6) is 0.805. The average Bonchev–Trinajstić information content (AvgIpc) is 3.22. The molecule has 0 radical (unpaired) electrons. The van der Waals surface area contributed by atoms with Gasteiger partial charge in [0.15, 0.2) is 11.5 Å². The molecule has 3 heterocycles. The number of aromatic nitrogens is 2. The maximum absolute atomic E-state index is 13.0. The molecule has 2 N–H and O–H groups in total. The van der Waals surface area contributed by atoms with Crippen molar-refractivity contribution in [1.29, 1.82) is 0 Å². The smallest absolute Gasteiger partial charge is 0.258 e. The third-order valence-electron chi connectivity index (χ3n) is 6.23. The summed E-state index contributed by atoms with van der Waals surface area (Å²) in [6.45, 7) is 0.247. The van der Waals surface area contributed by atoms with Crippen molar-refractivity contribution in [3.63, 3.8) is 0 Å². The Labute approximate surface area is 195 Å². The molecule has 0 saturated heterocycles. The molecule has 10 heteroatoms. The first-order valence-corrected chi connectivity index (χ1v) is 12.1. The maximum atomic E-state index is 13.0. The minimum absolute atomic E-state index is 0.142. The molecule has 1 aliphatic carbocycles. The summed E-state index contributed by atoms with van der Waals surface area (Å²) < 4.78 is 12.8. The highest BCUT2D eigenvalue weighted by Gasteiger charge is 2.38. The summed E-state index contributed by atoms with van der Waals surface area (Å²) in [5, 5.41) is 6.54. The van der Waals surface area contributed by atoms with Gasteiger partial charge in [0.05, 0.1) is 25.0 Å². The van der Waals surface area contributed by atoms with Crippen LogP contribution in [-0.4, -0.2) is 52.4 Å². The minimum atomic E-state index is -0.411. The van der Waals surface area contributed by atoms with Crippen molar-refractivity contribution in [2.24, 2.45) is 0 Å². The number of thioether (sulfide) groups is 1. The topological polar surface area (TPSA) is 112 Å². The van der Waals surface area contributed by atoms with Crippen molar-refractivity contribution in [2.45, 2.75) is 54.5 Å². The summed E-state index contributed by atoms with van der Waals surface area (Å²) in [6.07, 6.45) is 5.54. The van der Waals surface area contributed by atoms with Gasteiger partial charge in [-0.2, -0.15) is 0 Å².